The van der Waals surface area contributed by atoms with Crippen LogP contribution in [0.25, 0.3) is 0 Å². The number of nitrogens with zero attached hydrogens (tertiary/aromatic N) is 1. The van der Waals surface area contributed by atoms with Crippen molar-refractivity contribution in [3.05, 3.63) is 47.5 Å². The lowest BCUT2D eigenvalue weighted by Gasteiger charge is -2.12. The van der Waals surface area contributed by atoms with E-state index in [1.807, 2.05) is 0 Å². The van der Waals surface area contributed by atoms with Crippen molar-refractivity contribution in [1.29, 1.82) is 5.26 Å². The molecule has 0 bridgehead atoms. The number of rotatable bonds is 5. The van der Waals surface area contributed by atoms with Crippen molar-refractivity contribution >= 4 is 5.78 Å². The van der Waals surface area contributed by atoms with Gasteiger partial charge in [0.2, 0.25) is 12.5 Å². The molecule has 0 aromatic heterocycles. The van der Waals surface area contributed by atoms with Gasteiger partial charge in [0.15, 0.2) is 17.3 Å². The summed E-state index contributed by atoms with van der Waals surface area (Å²) in [6, 6.07) is 12.0. The number of Topliss-reactive ketones (excluding diaryl/α,β-unsaturated/α-hetero) is 1. The zero-order chi connectivity index (χ0) is 17.1. The van der Waals surface area contributed by atoms with Crippen molar-refractivity contribution in [3.8, 4) is 29.1 Å². The first kappa shape index (κ1) is 15.7. The fourth-order valence-corrected chi connectivity index (χ4v) is 2.52. The topological polar surface area (TPSA) is 77.8 Å². The van der Waals surface area contributed by atoms with Crippen molar-refractivity contribution in [2.45, 2.75) is 5.92 Å². The molecule has 0 saturated heterocycles. The molecular formula is C18H15NO5. The smallest absolute Gasteiger partial charge is 0.231 e. The van der Waals surface area contributed by atoms with Crippen LogP contribution >= 0.6 is 0 Å². The second-order valence-electron chi connectivity index (χ2n) is 5.11. The van der Waals surface area contributed by atoms with Gasteiger partial charge in [0, 0.05) is 5.56 Å². The Balaban J connectivity index is 1.96. The van der Waals surface area contributed by atoms with Crippen LogP contribution in [0.2, 0.25) is 0 Å². The van der Waals surface area contributed by atoms with E-state index in [1.54, 1.807) is 43.5 Å². The van der Waals surface area contributed by atoms with Crippen LogP contribution in [0.4, 0.5) is 0 Å². The Morgan fingerprint density at radius 2 is 1.92 bits per heavy atom. The zero-order valence-electron chi connectivity index (χ0n) is 13.2. The first-order valence-corrected chi connectivity index (χ1v) is 7.23. The molecule has 0 amide bonds. The minimum Gasteiger partial charge on any atom is -0.497 e. The molecule has 122 valence electrons. The highest BCUT2D eigenvalue weighted by molar-refractivity contribution is 6.03. The first-order valence-electron chi connectivity index (χ1n) is 7.23. The highest BCUT2D eigenvalue weighted by atomic mass is 16.7. The summed E-state index contributed by atoms with van der Waals surface area (Å²) < 4.78 is 21.0. The van der Waals surface area contributed by atoms with Gasteiger partial charge in [0.25, 0.3) is 0 Å². The SMILES string of the molecule is COc1ccc([C@H](C#N)C(=O)c2cc(OC)c3c(c2)OCO3)cc1. The summed E-state index contributed by atoms with van der Waals surface area (Å²) in [6.07, 6.45) is 0. The second kappa shape index (κ2) is 6.50. The van der Waals surface area contributed by atoms with E-state index >= 15 is 0 Å². The van der Waals surface area contributed by atoms with Gasteiger partial charge in [-0.2, -0.15) is 5.26 Å². The molecule has 6 nitrogen and oxygen atoms in total. The van der Waals surface area contributed by atoms with Crippen LogP contribution in [0.5, 0.6) is 23.0 Å². The Bertz CT molecular complexity index is 807. The molecule has 1 aliphatic heterocycles. The third kappa shape index (κ3) is 2.72. The van der Waals surface area contributed by atoms with Gasteiger partial charge in [-0.05, 0) is 29.8 Å². The van der Waals surface area contributed by atoms with Crippen molar-refractivity contribution in [1.82, 2.24) is 0 Å². The van der Waals surface area contributed by atoms with Crippen LogP contribution < -0.4 is 18.9 Å². The van der Waals surface area contributed by atoms with Gasteiger partial charge in [-0.15, -0.1) is 0 Å². The van der Waals surface area contributed by atoms with Crippen molar-refractivity contribution < 1.29 is 23.7 Å². The Hall–Kier alpha value is -3.20. The Morgan fingerprint density at radius 3 is 2.54 bits per heavy atom. The lowest BCUT2D eigenvalue weighted by Crippen LogP contribution is -2.11. The third-order valence-corrected chi connectivity index (χ3v) is 3.78. The summed E-state index contributed by atoms with van der Waals surface area (Å²) in [5.41, 5.74) is 0.929. The third-order valence-electron chi connectivity index (χ3n) is 3.78. The average molecular weight is 325 g/mol. The Kier molecular flexibility index (Phi) is 4.25. The monoisotopic (exact) mass is 325 g/mol. The molecule has 0 spiro atoms. The fourth-order valence-electron chi connectivity index (χ4n) is 2.52. The average Bonchev–Trinajstić information content (AvgIpc) is 3.10. The maximum Gasteiger partial charge on any atom is 0.231 e. The summed E-state index contributed by atoms with van der Waals surface area (Å²) in [5, 5.41) is 9.47. The number of ether oxygens (including phenoxy) is 4. The van der Waals surface area contributed by atoms with E-state index in [1.165, 1.54) is 7.11 Å². The van der Waals surface area contributed by atoms with Gasteiger partial charge in [0.05, 0.1) is 20.3 Å². The number of fused-ring (bicyclic) bond motifs is 1. The lowest BCUT2D eigenvalue weighted by atomic mass is 9.91. The quantitative estimate of drug-likeness (QED) is 0.787. The summed E-state index contributed by atoms with van der Waals surface area (Å²) in [7, 11) is 3.04. The van der Waals surface area contributed by atoms with Gasteiger partial charge < -0.3 is 18.9 Å². The maximum absolute atomic E-state index is 12.8. The van der Waals surface area contributed by atoms with E-state index in [0.29, 0.717) is 34.1 Å². The zero-order valence-corrected chi connectivity index (χ0v) is 13.2. The molecule has 2 aromatic carbocycles. The van der Waals surface area contributed by atoms with Crippen LogP contribution in [0.3, 0.4) is 0 Å². The van der Waals surface area contributed by atoms with E-state index in [2.05, 4.69) is 6.07 Å². The molecule has 0 aliphatic carbocycles. The number of hydrogen-bond acceptors (Lipinski definition) is 6. The summed E-state index contributed by atoms with van der Waals surface area (Å²) in [4.78, 5) is 12.8. The summed E-state index contributed by atoms with van der Waals surface area (Å²) in [5.74, 6) is 0.698. The van der Waals surface area contributed by atoms with Crippen molar-refractivity contribution in [2.75, 3.05) is 21.0 Å². The lowest BCUT2D eigenvalue weighted by molar-refractivity contribution is 0.0978. The minimum atomic E-state index is -0.930. The summed E-state index contributed by atoms with van der Waals surface area (Å²) in [6.45, 7) is 0.0729. The molecule has 3 rings (SSSR count). The number of hydrogen-bond donors (Lipinski definition) is 0. The van der Waals surface area contributed by atoms with Gasteiger partial charge in [-0.25, -0.2) is 0 Å². The number of nitriles is 1. The van der Waals surface area contributed by atoms with Gasteiger partial charge >= 0.3 is 0 Å². The molecule has 1 heterocycles. The molecule has 0 fully saturated rings. The van der Waals surface area contributed by atoms with Crippen LogP contribution in [0, 0.1) is 11.3 Å². The van der Waals surface area contributed by atoms with E-state index < -0.39 is 5.92 Å². The predicted octanol–water partition coefficient (Wildman–Crippen LogP) is 2.92. The van der Waals surface area contributed by atoms with Gasteiger partial charge in [0.1, 0.15) is 11.7 Å². The summed E-state index contributed by atoms with van der Waals surface area (Å²) >= 11 is 0. The van der Waals surface area contributed by atoms with E-state index in [0.717, 1.165) is 0 Å². The normalized spacial score (nSPS) is 13.0. The van der Waals surface area contributed by atoms with Crippen LogP contribution in [0.15, 0.2) is 36.4 Å². The van der Waals surface area contributed by atoms with E-state index in [9.17, 15) is 10.1 Å². The molecule has 0 radical (unpaired) electrons. The number of carbonyl (C=O) groups excluding carboxylic acids is 1. The van der Waals surface area contributed by atoms with E-state index in [-0.39, 0.29) is 12.6 Å². The molecule has 24 heavy (non-hydrogen) atoms. The largest absolute Gasteiger partial charge is 0.497 e. The standard InChI is InChI=1S/C18H15NO5/c1-21-13-5-3-11(4-6-13)14(9-19)17(20)12-7-15(22-2)18-16(8-12)23-10-24-18/h3-8,14H,10H2,1-2H3/t14-/m0/s1. The number of ketones is 1. The predicted molar refractivity (Wildman–Crippen MR) is 84.8 cm³/mol. The molecule has 6 heteroatoms. The molecule has 0 unspecified atom stereocenters. The first-order chi connectivity index (χ1) is 11.7. The fraction of sp³-hybridized carbons (Fsp3) is 0.222. The maximum atomic E-state index is 12.8. The van der Waals surface area contributed by atoms with Crippen molar-refractivity contribution in [2.24, 2.45) is 0 Å². The van der Waals surface area contributed by atoms with E-state index in [4.69, 9.17) is 18.9 Å². The molecule has 1 aliphatic rings. The molecule has 0 N–H and O–H groups in total. The molecular weight excluding hydrogens is 310 g/mol. The molecule has 2 aromatic rings. The molecule has 1 atom stereocenters. The van der Waals surface area contributed by atoms with Gasteiger partial charge in [-0.1, -0.05) is 12.1 Å². The highest BCUT2D eigenvalue weighted by Gasteiger charge is 2.27. The molecule has 0 saturated carbocycles. The Labute approximate surface area is 139 Å². The van der Waals surface area contributed by atoms with Crippen molar-refractivity contribution in [3.63, 3.8) is 0 Å². The minimum absolute atomic E-state index is 0.0729. The van der Waals surface area contributed by atoms with Crippen LogP contribution in [-0.4, -0.2) is 26.8 Å². The van der Waals surface area contributed by atoms with Crippen LogP contribution in [-0.2, 0) is 0 Å². The number of carbonyl (C=O) groups is 1. The number of methoxy groups -OCH3 is 2. The highest BCUT2D eigenvalue weighted by Crippen LogP contribution is 2.42. The Morgan fingerprint density at radius 1 is 1.17 bits per heavy atom. The van der Waals surface area contributed by atoms with Crippen LogP contribution in [0.1, 0.15) is 21.8 Å². The van der Waals surface area contributed by atoms with Gasteiger partial charge in [-0.3, -0.25) is 4.79 Å². The number of benzene rings is 2. The second-order valence-corrected chi connectivity index (χ2v) is 5.11.